The first-order valence-corrected chi connectivity index (χ1v) is 5.69. The lowest BCUT2D eigenvalue weighted by Gasteiger charge is -1.88. The Balaban J connectivity index is 0.000000203. The summed E-state index contributed by atoms with van der Waals surface area (Å²) in [5.41, 5.74) is 0.940. The first-order chi connectivity index (χ1) is 8.70. The molecule has 94 valence electrons. The highest BCUT2D eigenvalue weighted by atomic mass is 16.3. The molecule has 18 heavy (non-hydrogen) atoms. The molecule has 2 N–H and O–H groups in total. The normalized spacial score (nSPS) is 12.0. The number of unbranched alkanes of at least 4 members (excludes halogenated alkanes) is 2. The number of carbonyl (C=O) groups is 2. The lowest BCUT2D eigenvalue weighted by atomic mass is 10.1. The Morgan fingerprint density at radius 3 is 2.11 bits per heavy atom. The molecule has 0 unspecified atom stereocenters. The van der Waals surface area contributed by atoms with Gasteiger partial charge in [-0.3, -0.25) is 14.9 Å². The van der Waals surface area contributed by atoms with Crippen molar-refractivity contribution < 1.29 is 14.7 Å². The SMILES string of the molecule is C#CCCCCO.O=C1NC(=O)c2ccccc21. The van der Waals surface area contributed by atoms with Gasteiger partial charge in [0.05, 0.1) is 11.1 Å². The van der Waals surface area contributed by atoms with E-state index < -0.39 is 0 Å². The number of aliphatic hydroxyl groups is 1. The van der Waals surface area contributed by atoms with E-state index in [1.165, 1.54) is 0 Å². The lowest BCUT2D eigenvalue weighted by Crippen LogP contribution is -2.19. The van der Waals surface area contributed by atoms with Crippen LogP contribution in [0.1, 0.15) is 40.0 Å². The number of amides is 2. The Bertz CT molecular complexity index is 441. The minimum atomic E-state index is -0.300. The Kier molecular flexibility index (Phi) is 5.62. The van der Waals surface area contributed by atoms with Crippen molar-refractivity contribution in [2.75, 3.05) is 6.61 Å². The molecule has 0 aliphatic carbocycles. The summed E-state index contributed by atoms with van der Waals surface area (Å²) >= 11 is 0. The summed E-state index contributed by atoms with van der Waals surface area (Å²) < 4.78 is 0. The first-order valence-electron chi connectivity index (χ1n) is 5.69. The second-order valence-electron chi connectivity index (χ2n) is 3.71. The topological polar surface area (TPSA) is 66.4 Å². The lowest BCUT2D eigenvalue weighted by molar-refractivity contribution is 0.0879. The molecule has 2 amide bonds. The Labute approximate surface area is 106 Å². The number of rotatable bonds is 3. The molecule has 1 aromatic carbocycles. The van der Waals surface area contributed by atoms with Gasteiger partial charge in [-0.1, -0.05) is 12.1 Å². The molecule has 4 heteroatoms. The van der Waals surface area contributed by atoms with E-state index >= 15 is 0 Å². The molecule has 0 saturated heterocycles. The third kappa shape index (κ3) is 3.72. The smallest absolute Gasteiger partial charge is 0.258 e. The van der Waals surface area contributed by atoms with E-state index in [0.29, 0.717) is 11.1 Å². The van der Waals surface area contributed by atoms with Crippen molar-refractivity contribution in [2.45, 2.75) is 19.3 Å². The van der Waals surface area contributed by atoms with Gasteiger partial charge in [0.25, 0.3) is 11.8 Å². The molecule has 1 aliphatic rings. The molecule has 0 radical (unpaired) electrons. The zero-order valence-electron chi connectivity index (χ0n) is 9.98. The second kappa shape index (κ2) is 7.25. The van der Waals surface area contributed by atoms with E-state index in [2.05, 4.69) is 11.2 Å². The fourth-order valence-corrected chi connectivity index (χ4v) is 1.46. The largest absolute Gasteiger partial charge is 0.396 e. The maximum absolute atomic E-state index is 10.9. The third-order valence-corrected chi connectivity index (χ3v) is 2.37. The van der Waals surface area contributed by atoms with Gasteiger partial charge in [0.15, 0.2) is 0 Å². The van der Waals surface area contributed by atoms with Crippen molar-refractivity contribution in [1.29, 1.82) is 0 Å². The predicted molar refractivity (Wildman–Crippen MR) is 68.0 cm³/mol. The monoisotopic (exact) mass is 245 g/mol. The molecule has 0 spiro atoms. The van der Waals surface area contributed by atoms with Crippen LogP contribution < -0.4 is 5.32 Å². The molecule has 0 bridgehead atoms. The van der Waals surface area contributed by atoms with Crippen LogP contribution in [-0.2, 0) is 0 Å². The van der Waals surface area contributed by atoms with Gasteiger partial charge in [-0.2, -0.15) is 0 Å². The quantitative estimate of drug-likeness (QED) is 0.480. The molecular weight excluding hydrogens is 230 g/mol. The first kappa shape index (κ1) is 13.9. The van der Waals surface area contributed by atoms with E-state index in [1.807, 2.05) is 0 Å². The Morgan fingerprint density at radius 1 is 1.11 bits per heavy atom. The molecule has 1 heterocycles. The summed E-state index contributed by atoms with van der Waals surface area (Å²) in [6.45, 7) is 0.266. The van der Waals surface area contributed by atoms with E-state index in [1.54, 1.807) is 24.3 Å². The van der Waals surface area contributed by atoms with Gasteiger partial charge in [0.1, 0.15) is 0 Å². The molecule has 4 nitrogen and oxygen atoms in total. The summed E-state index contributed by atoms with van der Waals surface area (Å²) in [6, 6.07) is 6.74. The van der Waals surface area contributed by atoms with Crippen LogP contribution in [0, 0.1) is 12.3 Å². The van der Waals surface area contributed by atoms with E-state index in [4.69, 9.17) is 11.5 Å². The van der Waals surface area contributed by atoms with E-state index in [0.717, 1.165) is 19.3 Å². The van der Waals surface area contributed by atoms with E-state index in [-0.39, 0.29) is 18.4 Å². The van der Waals surface area contributed by atoms with Crippen LogP contribution in [0.5, 0.6) is 0 Å². The van der Waals surface area contributed by atoms with Crippen LogP contribution in [0.4, 0.5) is 0 Å². The van der Waals surface area contributed by atoms with Crippen molar-refractivity contribution in [3.05, 3.63) is 35.4 Å². The fraction of sp³-hybridized carbons (Fsp3) is 0.286. The van der Waals surface area contributed by atoms with Crippen LogP contribution in [0.25, 0.3) is 0 Å². The number of aliphatic hydroxyl groups excluding tert-OH is 1. The summed E-state index contributed by atoms with van der Waals surface area (Å²) in [4.78, 5) is 21.9. The minimum absolute atomic E-state index is 0.266. The van der Waals surface area contributed by atoms with Gasteiger partial charge in [0, 0.05) is 13.0 Å². The number of hydrogen-bond acceptors (Lipinski definition) is 3. The van der Waals surface area contributed by atoms with Crippen molar-refractivity contribution >= 4 is 11.8 Å². The second-order valence-corrected chi connectivity index (χ2v) is 3.71. The van der Waals surface area contributed by atoms with Gasteiger partial charge < -0.3 is 5.11 Å². The molecule has 0 aromatic heterocycles. The van der Waals surface area contributed by atoms with Gasteiger partial charge in [-0.25, -0.2) is 0 Å². The highest BCUT2D eigenvalue weighted by molar-refractivity contribution is 6.21. The van der Waals surface area contributed by atoms with Gasteiger partial charge in [-0.05, 0) is 25.0 Å². The molecule has 0 fully saturated rings. The zero-order valence-corrected chi connectivity index (χ0v) is 9.98. The average Bonchev–Trinajstić information content (AvgIpc) is 2.67. The molecule has 0 saturated carbocycles. The summed E-state index contributed by atoms with van der Waals surface area (Å²) in [7, 11) is 0. The third-order valence-electron chi connectivity index (χ3n) is 2.37. The maximum Gasteiger partial charge on any atom is 0.258 e. The number of carbonyl (C=O) groups excluding carboxylic acids is 2. The Hall–Kier alpha value is -2.12. The van der Waals surface area contributed by atoms with E-state index in [9.17, 15) is 9.59 Å². The molecule has 1 aliphatic heterocycles. The molecular formula is C14H15NO3. The molecule has 2 rings (SSSR count). The Morgan fingerprint density at radius 2 is 1.67 bits per heavy atom. The number of terminal acetylenes is 1. The highest BCUT2D eigenvalue weighted by Gasteiger charge is 2.25. The van der Waals surface area contributed by atoms with Crippen LogP contribution in [-0.4, -0.2) is 23.5 Å². The number of nitrogens with one attached hydrogen (secondary N) is 1. The molecule has 1 aromatic rings. The number of benzene rings is 1. The maximum atomic E-state index is 10.9. The van der Waals surface area contributed by atoms with Gasteiger partial charge in [0.2, 0.25) is 0 Å². The van der Waals surface area contributed by atoms with Crippen molar-refractivity contribution in [3.8, 4) is 12.3 Å². The van der Waals surface area contributed by atoms with Crippen LogP contribution in [0.3, 0.4) is 0 Å². The van der Waals surface area contributed by atoms with Crippen LogP contribution >= 0.6 is 0 Å². The van der Waals surface area contributed by atoms with Gasteiger partial charge in [-0.15, -0.1) is 12.3 Å². The summed E-state index contributed by atoms with van der Waals surface area (Å²) in [5.74, 6) is 1.89. The highest BCUT2D eigenvalue weighted by Crippen LogP contribution is 2.13. The minimum Gasteiger partial charge on any atom is -0.396 e. The average molecular weight is 245 g/mol. The predicted octanol–water partition coefficient (Wildman–Crippen LogP) is 1.35. The van der Waals surface area contributed by atoms with Crippen molar-refractivity contribution in [2.24, 2.45) is 0 Å². The van der Waals surface area contributed by atoms with Crippen molar-refractivity contribution in [1.82, 2.24) is 5.32 Å². The number of hydrogen-bond donors (Lipinski definition) is 2. The molecule has 0 atom stereocenters. The van der Waals surface area contributed by atoms with Crippen LogP contribution in [0.2, 0.25) is 0 Å². The summed E-state index contributed by atoms with van der Waals surface area (Å²) in [6.07, 6.45) is 7.52. The number of imide groups is 1. The van der Waals surface area contributed by atoms with Crippen molar-refractivity contribution in [3.63, 3.8) is 0 Å². The zero-order chi connectivity index (χ0) is 13.4. The number of fused-ring (bicyclic) bond motifs is 1. The van der Waals surface area contributed by atoms with Gasteiger partial charge >= 0.3 is 0 Å². The van der Waals surface area contributed by atoms with Crippen LogP contribution in [0.15, 0.2) is 24.3 Å². The summed E-state index contributed by atoms with van der Waals surface area (Å²) in [5, 5.41) is 10.4. The fourth-order valence-electron chi connectivity index (χ4n) is 1.46. The standard InChI is InChI=1S/C8H5NO2.C6H10O/c10-7-5-3-1-2-4-6(5)8(11)9-7;1-2-3-4-5-6-7/h1-4H,(H,9,10,11);1,7H,3-6H2.